The zero-order valence-corrected chi connectivity index (χ0v) is 16.5. The maximum absolute atomic E-state index is 12.1. The van der Waals surface area contributed by atoms with Crippen LogP contribution in [0.15, 0.2) is 42.5 Å². The minimum absolute atomic E-state index is 0.133. The van der Waals surface area contributed by atoms with E-state index >= 15 is 0 Å². The van der Waals surface area contributed by atoms with E-state index < -0.39 is 17.2 Å². The first kappa shape index (κ1) is 20.7. The van der Waals surface area contributed by atoms with E-state index in [1.54, 1.807) is 32.9 Å². The Morgan fingerprint density at radius 1 is 0.852 bits per heavy atom. The van der Waals surface area contributed by atoms with E-state index in [0.717, 1.165) is 0 Å². The van der Waals surface area contributed by atoms with Crippen molar-refractivity contribution in [1.29, 1.82) is 0 Å². The number of hydrogen-bond donors (Lipinski definition) is 3. The first-order valence-electron chi connectivity index (χ1n) is 8.05. The summed E-state index contributed by atoms with van der Waals surface area (Å²) in [5.74, 6) is -1.21. The number of benzene rings is 2. The molecule has 0 aliphatic carbocycles. The summed E-state index contributed by atoms with van der Waals surface area (Å²) in [4.78, 5) is 36.2. The lowest BCUT2D eigenvalue weighted by Gasteiger charge is -2.17. The smallest absolute Gasteiger partial charge is 0.271 e. The summed E-state index contributed by atoms with van der Waals surface area (Å²) >= 11 is 11.7. The predicted octanol–water partition coefficient (Wildman–Crippen LogP) is 4.05. The molecule has 0 saturated heterocycles. The van der Waals surface area contributed by atoms with Gasteiger partial charge in [0.05, 0.1) is 10.6 Å². The molecule has 0 spiro atoms. The van der Waals surface area contributed by atoms with Gasteiger partial charge >= 0.3 is 0 Å². The maximum atomic E-state index is 12.1. The summed E-state index contributed by atoms with van der Waals surface area (Å²) < 4.78 is 0. The van der Waals surface area contributed by atoms with Crippen LogP contribution in [-0.4, -0.2) is 17.7 Å². The van der Waals surface area contributed by atoms with Gasteiger partial charge in [0.1, 0.15) is 0 Å². The van der Waals surface area contributed by atoms with Crippen molar-refractivity contribution in [1.82, 2.24) is 10.9 Å². The van der Waals surface area contributed by atoms with Crippen molar-refractivity contribution in [3.63, 3.8) is 0 Å². The van der Waals surface area contributed by atoms with Crippen LogP contribution >= 0.6 is 23.2 Å². The fourth-order valence-corrected chi connectivity index (χ4v) is 2.44. The van der Waals surface area contributed by atoms with Gasteiger partial charge in [-0.25, -0.2) is 0 Å². The Labute approximate surface area is 167 Å². The van der Waals surface area contributed by atoms with Gasteiger partial charge in [-0.1, -0.05) is 44.0 Å². The van der Waals surface area contributed by atoms with E-state index in [1.807, 2.05) is 0 Å². The minimum Gasteiger partial charge on any atom is -0.326 e. The van der Waals surface area contributed by atoms with Crippen LogP contribution in [0, 0.1) is 5.41 Å². The van der Waals surface area contributed by atoms with Gasteiger partial charge in [0.15, 0.2) is 0 Å². The molecule has 2 rings (SSSR count). The van der Waals surface area contributed by atoms with E-state index in [4.69, 9.17) is 23.2 Å². The van der Waals surface area contributed by atoms with Crippen LogP contribution in [0.25, 0.3) is 0 Å². The number of anilines is 1. The molecule has 3 N–H and O–H groups in total. The Balaban J connectivity index is 1.96. The SMILES string of the molecule is CC(C)(C)C(=O)Nc1ccc(C(=O)NNC(=O)c2ccc(Cl)cc2Cl)cc1. The molecular formula is C19H19Cl2N3O3. The van der Waals surface area contributed by atoms with Gasteiger partial charge < -0.3 is 5.32 Å². The van der Waals surface area contributed by atoms with Gasteiger partial charge in [0.2, 0.25) is 5.91 Å². The molecule has 0 saturated carbocycles. The second kappa shape index (κ2) is 8.41. The van der Waals surface area contributed by atoms with Crippen LogP contribution in [0.4, 0.5) is 5.69 Å². The summed E-state index contributed by atoms with van der Waals surface area (Å²) in [7, 11) is 0. The predicted molar refractivity (Wildman–Crippen MR) is 106 cm³/mol. The monoisotopic (exact) mass is 407 g/mol. The fraction of sp³-hybridized carbons (Fsp3) is 0.211. The van der Waals surface area contributed by atoms with Crippen molar-refractivity contribution in [3.05, 3.63) is 63.6 Å². The molecule has 0 aromatic heterocycles. The summed E-state index contributed by atoms with van der Waals surface area (Å²) in [6.07, 6.45) is 0. The Morgan fingerprint density at radius 2 is 1.44 bits per heavy atom. The molecule has 0 unspecified atom stereocenters. The molecule has 0 bridgehead atoms. The molecule has 0 aliphatic heterocycles. The molecule has 0 heterocycles. The molecule has 0 fully saturated rings. The highest BCUT2D eigenvalue weighted by atomic mass is 35.5. The average Bonchev–Trinajstić information content (AvgIpc) is 2.59. The lowest BCUT2D eigenvalue weighted by Crippen LogP contribution is -2.41. The Hall–Kier alpha value is -2.57. The van der Waals surface area contributed by atoms with Gasteiger partial charge in [-0.3, -0.25) is 25.2 Å². The summed E-state index contributed by atoms with van der Waals surface area (Å²) in [5, 5.41) is 3.34. The first-order valence-corrected chi connectivity index (χ1v) is 8.81. The van der Waals surface area contributed by atoms with E-state index in [9.17, 15) is 14.4 Å². The Bertz CT molecular complexity index is 875. The zero-order valence-electron chi connectivity index (χ0n) is 15.0. The third-order valence-electron chi connectivity index (χ3n) is 3.55. The second-order valence-electron chi connectivity index (χ2n) is 6.81. The van der Waals surface area contributed by atoms with Crippen molar-refractivity contribution in [2.75, 3.05) is 5.32 Å². The van der Waals surface area contributed by atoms with E-state index in [1.165, 1.54) is 30.3 Å². The van der Waals surface area contributed by atoms with Crippen LogP contribution in [0.5, 0.6) is 0 Å². The normalized spacial score (nSPS) is 10.9. The molecule has 8 heteroatoms. The molecule has 0 atom stereocenters. The van der Waals surface area contributed by atoms with Crippen LogP contribution < -0.4 is 16.2 Å². The number of hydrogen-bond acceptors (Lipinski definition) is 3. The van der Waals surface area contributed by atoms with Crippen LogP contribution in [0.3, 0.4) is 0 Å². The number of nitrogens with one attached hydrogen (secondary N) is 3. The second-order valence-corrected chi connectivity index (χ2v) is 7.66. The van der Waals surface area contributed by atoms with Crippen LogP contribution in [0.2, 0.25) is 10.0 Å². The molecule has 2 aromatic rings. The van der Waals surface area contributed by atoms with E-state index in [2.05, 4.69) is 16.2 Å². The van der Waals surface area contributed by atoms with Crippen molar-refractivity contribution in [3.8, 4) is 0 Å². The third-order valence-corrected chi connectivity index (χ3v) is 4.10. The van der Waals surface area contributed by atoms with Gasteiger partial charge in [0.25, 0.3) is 11.8 Å². The number of halogens is 2. The zero-order chi connectivity index (χ0) is 20.2. The molecule has 0 aliphatic rings. The van der Waals surface area contributed by atoms with Crippen LogP contribution in [-0.2, 0) is 4.79 Å². The standard InChI is InChI=1S/C19H19Cl2N3O3/c1-19(2,3)18(27)22-13-7-4-11(5-8-13)16(25)23-24-17(26)14-9-6-12(20)10-15(14)21/h4-10H,1-3H3,(H,22,27)(H,23,25)(H,24,26). The molecule has 6 nitrogen and oxygen atoms in total. The van der Waals surface area contributed by atoms with Crippen molar-refractivity contribution < 1.29 is 14.4 Å². The van der Waals surface area contributed by atoms with Crippen molar-refractivity contribution >= 4 is 46.6 Å². The minimum atomic E-state index is -0.570. The van der Waals surface area contributed by atoms with Crippen molar-refractivity contribution in [2.24, 2.45) is 5.41 Å². The molecule has 142 valence electrons. The highest BCUT2D eigenvalue weighted by Gasteiger charge is 2.21. The molecule has 0 radical (unpaired) electrons. The highest BCUT2D eigenvalue weighted by Crippen LogP contribution is 2.21. The van der Waals surface area contributed by atoms with E-state index in [0.29, 0.717) is 16.3 Å². The highest BCUT2D eigenvalue weighted by molar-refractivity contribution is 6.36. The van der Waals surface area contributed by atoms with Gasteiger partial charge in [-0.15, -0.1) is 0 Å². The molecular weight excluding hydrogens is 389 g/mol. The summed E-state index contributed by atoms with van der Waals surface area (Å²) in [6, 6.07) is 10.7. The number of amides is 3. The Morgan fingerprint density at radius 3 is 2.00 bits per heavy atom. The average molecular weight is 408 g/mol. The Kier molecular flexibility index (Phi) is 6.46. The lowest BCUT2D eigenvalue weighted by atomic mass is 9.95. The van der Waals surface area contributed by atoms with Crippen molar-refractivity contribution in [2.45, 2.75) is 20.8 Å². The summed E-state index contributed by atoms with van der Waals surface area (Å²) in [5.41, 5.74) is 5.14. The third kappa shape index (κ3) is 5.70. The number of carbonyl (C=O) groups is 3. The number of rotatable bonds is 3. The molecule has 3 amide bonds. The molecule has 2 aromatic carbocycles. The number of hydrazine groups is 1. The number of carbonyl (C=O) groups excluding carboxylic acids is 3. The van der Waals surface area contributed by atoms with Gasteiger partial charge in [-0.2, -0.15) is 0 Å². The quantitative estimate of drug-likeness (QED) is 0.670. The van der Waals surface area contributed by atoms with Gasteiger partial charge in [0, 0.05) is 21.7 Å². The topological polar surface area (TPSA) is 87.3 Å². The van der Waals surface area contributed by atoms with E-state index in [-0.39, 0.29) is 16.5 Å². The first-order chi connectivity index (χ1) is 12.6. The van der Waals surface area contributed by atoms with Crippen LogP contribution in [0.1, 0.15) is 41.5 Å². The lowest BCUT2D eigenvalue weighted by molar-refractivity contribution is -0.123. The molecule has 27 heavy (non-hydrogen) atoms. The largest absolute Gasteiger partial charge is 0.326 e. The van der Waals surface area contributed by atoms with Gasteiger partial charge in [-0.05, 0) is 42.5 Å². The maximum Gasteiger partial charge on any atom is 0.271 e. The fourth-order valence-electron chi connectivity index (χ4n) is 1.95. The summed E-state index contributed by atoms with van der Waals surface area (Å²) in [6.45, 7) is 5.42.